The van der Waals surface area contributed by atoms with Gasteiger partial charge in [-0.2, -0.15) is 5.10 Å². The Morgan fingerprint density at radius 3 is 2.39 bits per heavy atom. The first-order valence-corrected chi connectivity index (χ1v) is 10.4. The van der Waals surface area contributed by atoms with Gasteiger partial charge in [0.1, 0.15) is 0 Å². The minimum absolute atomic E-state index is 0.0196. The summed E-state index contributed by atoms with van der Waals surface area (Å²) in [6.45, 7) is 5.34. The number of piperazine rings is 1. The van der Waals surface area contributed by atoms with Crippen LogP contribution in [0.2, 0.25) is 0 Å². The maximum Gasteiger partial charge on any atom is 0.359 e. The number of rotatable bonds is 6. The Morgan fingerprint density at radius 1 is 1.00 bits per heavy atom. The van der Waals surface area contributed by atoms with Crippen LogP contribution in [-0.4, -0.2) is 69.2 Å². The molecule has 1 aliphatic heterocycles. The topological polar surface area (TPSA) is 80.6 Å². The molecule has 0 bridgehead atoms. The summed E-state index contributed by atoms with van der Waals surface area (Å²) in [5.74, 6) is -0.398. The van der Waals surface area contributed by atoms with Crippen molar-refractivity contribution in [1.82, 2.24) is 24.6 Å². The van der Waals surface area contributed by atoms with Gasteiger partial charge in [0.2, 0.25) is 0 Å². The van der Waals surface area contributed by atoms with E-state index in [1.807, 2.05) is 41.4 Å². The molecular weight excluding hydrogens is 394 g/mol. The van der Waals surface area contributed by atoms with Crippen LogP contribution in [0.5, 0.6) is 0 Å². The van der Waals surface area contributed by atoms with Crippen molar-refractivity contribution in [1.29, 1.82) is 0 Å². The largest absolute Gasteiger partial charge is 0.461 e. The van der Waals surface area contributed by atoms with E-state index in [-0.39, 0.29) is 5.91 Å². The van der Waals surface area contributed by atoms with Crippen molar-refractivity contribution in [3.63, 3.8) is 0 Å². The average molecular weight is 419 g/mol. The van der Waals surface area contributed by atoms with E-state index in [1.165, 1.54) is 0 Å². The van der Waals surface area contributed by atoms with E-state index in [0.29, 0.717) is 37.5 Å². The maximum absolute atomic E-state index is 12.6. The molecule has 0 aliphatic carbocycles. The standard InChI is InChI=1S/C23H25N5O3/c1-2-31-23(30)21-19(17-28(25-21)20-6-4-3-5-7-20)16-26-12-14-27(15-13-26)22(29)18-8-10-24-11-9-18/h3-11,17H,2,12-16H2,1H3. The fourth-order valence-corrected chi connectivity index (χ4v) is 3.64. The van der Waals surface area contributed by atoms with Crippen molar-refractivity contribution in [2.75, 3.05) is 32.8 Å². The molecule has 0 N–H and O–H groups in total. The summed E-state index contributed by atoms with van der Waals surface area (Å²) >= 11 is 0. The first kappa shape index (κ1) is 20.7. The van der Waals surface area contributed by atoms with Crippen LogP contribution in [0.1, 0.15) is 33.3 Å². The highest BCUT2D eigenvalue weighted by atomic mass is 16.5. The van der Waals surface area contributed by atoms with Crippen molar-refractivity contribution in [3.05, 3.63) is 77.9 Å². The molecule has 0 atom stereocenters. The number of nitrogens with zero attached hydrogens (tertiary/aromatic N) is 5. The number of ether oxygens (including phenoxy) is 1. The van der Waals surface area contributed by atoms with Gasteiger partial charge in [0.25, 0.3) is 5.91 Å². The maximum atomic E-state index is 12.6. The molecular formula is C23H25N5O3. The zero-order valence-corrected chi connectivity index (χ0v) is 17.5. The number of carbonyl (C=O) groups excluding carboxylic acids is 2. The van der Waals surface area contributed by atoms with Crippen molar-refractivity contribution >= 4 is 11.9 Å². The van der Waals surface area contributed by atoms with Gasteiger partial charge in [-0.15, -0.1) is 0 Å². The first-order valence-electron chi connectivity index (χ1n) is 10.4. The quantitative estimate of drug-likeness (QED) is 0.571. The molecule has 1 saturated heterocycles. The zero-order valence-electron chi connectivity index (χ0n) is 17.5. The van der Waals surface area contributed by atoms with Gasteiger partial charge in [0.15, 0.2) is 5.69 Å². The van der Waals surface area contributed by atoms with Crippen LogP contribution in [0, 0.1) is 0 Å². The van der Waals surface area contributed by atoms with Crippen molar-refractivity contribution in [2.24, 2.45) is 0 Å². The lowest BCUT2D eigenvalue weighted by Crippen LogP contribution is -2.48. The second-order valence-corrected chi connectivity index (χ2v) is 7.31. The van der Waals surface area contributed by atoms with E-state index in [2.05, 4.69) is 15.0 Å². The monoisotopic (exact) mass is 419 g/mol. The molecule has 2 aromatic heterocycles. The molecule has 8 nitrogen and oxygen atoms in total. The van der Waals surface area contributed by atoms with E-state index in [9.17, 15) is 9.59 Å². The minimum atomic E-state index is -0.418. The van der Waals surface area contributed by atoms with Gasteiger partial charge < -0.3 is 9.64 Å². The number of pyridine rings is 1. The number of hydrogen-bond donors (Lipinski definition) is 0. The van der Waals surface area contributed by atoms with Gasteiger partial charge in [-0.05, 0) is 31.2 Å². The molecule has 8 heteroatoms. The summed E-state index contributed by atoms with van der Waals surface area (Å²) in [5.41, 5.74) is 2.68. The molecule has 0 saturated carbocycles. The van der Waals surface area contributed by atoms with Gasteiger partial charge in [-0.1, -0.05) is 18.2 Å². The van der Waals surface area contributed by atoms with Crippen LogP contribution in [0.25, 0.3) is 5.69 Å². The number of para-hydroxylation sites is 1. The van der Waals surface area contributed by atoms with Crippen LogP contribution in [0.15, 0.2) is 61.1 Å². The summed E-state index contributed by atoms with van der Waals surface area (Å²) in [7, 11) is 0. The molecule has 0 radical (unpaired) electrons. The average Bonchev–Trinajstić information content (AvgIpc) is 3.24. The second kappa shape index (κ2) is 9.53. The number of hydrogen-bond acceptors (Lipinski definition) is 6. The van der Waals surface area contributed by atoms with E-state index in [4.69, 9.17) is 4.74 Å². The Bertz CT molecular complexity index is 1030. The van der Waals surface area contributed by atoms with Gasteiger partial charge >= 0.3 is 5.97 Å². The Kier molecular flexibility index (Phi) is 6.37. The van der Waals surface area contributed by atoms with Crippen molar-refractivity contribution in [2.45, 2.75) is 13.5 Å². The van der Waals surface area contributed by atoms with Gasteiger partial charge in [-0.3, -0.25) is 14.7 Å². The number of aromatic nitrogens is 3. The lowest BCUT2D eigenvalue weighted by molar-refractivity contribution is 0.0515. The third-order valence-electron chi connectivity index (χ3n) is 5.26. The fraction of sp³-hybridized carbons (Fsp3) is 0.304. The Labute approximate surface area is 181 Å². The van der Waals surface area contributed by atoms with E-state index in [0.717, 1.165) is 24.3 Å². The Balaban J connectivity index is 1.46. The number of amides is 1. The first-order chi connectivity index (χ1) is 15.2. The second-order valence-electron chi connectivity index (χ2n) is 7.31. The van der Waals surface area contributed by atoms with E-state index >= 15 is 0 Å². The lowest BCUT2D eigenvalue weighted by Gasteiger charge is -2.34. The summed E-state index contributed by atoms with van der Waals surface area (Å²) in [6.07, 6.45) is 5.14. The number of esters is 1. The third-order valence-corrected chi connectivity index (χ3v) is 5.26. The summed E-state index contributed by atoms with van der Waals surface area (Å²) in [5, 5.41) is 4.49. The molecule has 3 aromatic rings. The van der Waals surface area contributed by atoms with Crippen LogP contribution >= 0.6 is 0 Å². The molecule has 1 aromatic carbocycles. The molecule has 1 fully saturated rings. The summed E-state index contributed by atoms with van der Waals surface area (Å²) in [4.78, 5) is 33.2. The van der Waals surface area contributed by atoms with Crippen LogP contribution < -0.4 is 0 Å². The van der Waals surface area contributed by atoms with Gasteiger partial charge in [0.05, 0.1) is 12.3 Å². The smallest absolute Gasteiger partial charge is 0.359 e. The molecule has 4 rings (SSSR count). The van der Waals surface area contributed by atoms with E-state index in [1.54, 1.807) is 36.1 Å². The predicted molar refractivity (Wildman–Crippen MR) is 115 cm³/mol. The molecule has 0 spiro atoms. The third kappa shape index (κ3) is 4.80. The highest BCUT2D eigenvalue weighted by Gasteiger charge is 2.25. The number of benzene rings is 1. The highest BCUT2D eigenvalue weighted by Crippen LogP contribution is 2.17. The molecule has 160 valence electrons. The molecule has 0 unspecified atom stereocenters. The van der Waals surface area contributed by atoms with Crippen molar-refractivity contribution < 1.29 is 14.3 Å². The minimum Gasteiger partial charge on any atom is -0.461 e. The van der Waals surface area contributed by atoms with Gasteiger partial charge in [-0.25, -0.2) is 9.48 Å². The fourth-order valence-electron chi connectivity index (χ4n) is 3.64. The van der Waals surface area contributed by atoms with Gasteiger partial charge in [0, 0.05) is 62.4 Å². The predicted octanol–water partition coefficient (Wildman–Crippen LogP) is 2.40. The summed E-state index contributed by atoms with van der Waals surface area (Å²) < 4.78 is 6.93. The van der Waals surface area contributed by atoms with Crippen LogP contribution in [0.3, 0.4) is 0 Å². The van der Waals surface area contributed by atoms with E-state index < -0.39 is 5.97 Å². The zero-order chi connectivity index (χ0) is 21.6. The lowest BCUT2D eigenvalue weighted by atomic mass is 10.2. The molecule has 1 aliphatic rings. The SMILES string of the molecule is CCOC(=O)c1nn(-c2ccccc2)cc1CN1CCN(C(=O)c2ccncc2)CC1. The van der Waals surface area contributed by atoms with Crippen LogP contribution in [-0.2, 0) is 11.3 Å². The molecule has 1 amide bonds. The van der Waals surface area contributed by atoms with Crippen molar-refractivity contribution in [3.8, 4) is 5.69 Å². The Hall–Kier alpha value is -3.52. The Morgan fingerprint density at radius 2 is 1.71 bits per heavy atom. The van der Waals surface area contributed by atoms with Crippen LogP contribution in [0.4, 0.5) is 0 Å². The summed E-state index contributed by atoms with van der Waals surface area (Å²) in [6, 6.07) is 13.1. The normalized spacial score (nSPS) is 14.4. The highest BCUT2D eigenvalue weighted by molar-refractivity contribution is 5.94. The molecule has 31 heavy (non-hydrogen) atoms. The molecule has 3 heterocycles. The number of carbonyl (C=O) groups is 2.